The van der Waals surface area contributed by atoms with Gasteiger partial charge in [-0.15, -0.1) is 0 Å². The first kappa shape index (κ1) is 16.7. The fraction of sp³-hybridized carbons (Fsp3) is 0.850. The number of fused-ring (bicyclic) bond motifs is 3. The standard InChI is InChI=1S/C20H30O4/c1-10-12-5-6-13-19(4)9-11(21)8-18(2,3)14(19)7-15(22)20(13,16(10)23)17(12)24/h11-15,17,21-22,24H,1,5-9H2,2-4H3/t11-,12-,13-,14+,15+,17+,19-,20-/m0/s1. The Morgan fingerprint density at radius 2 is 1.71 bits per heavy atom. The lowest BCUT2D eigenvalue weighted by Gasteiger charge is -2.65. The third kappa shape index (κ3) is 1.68. The lowest BCUT2D eigenvalue weighted by molar-refractivity contribution is -0.235. The summed E-state index contributed by atoms with van der Waals surface area (Å²) in [6, 6.07) is 0. The number of aliphatic hydroxyl groups excluding tert-OH is 3. The molecule has 4 fully saturated rings. The Kier molecular flexibility index (Phi) is 3.29. The molecule has 2 bridgehead atoms. The second-order valence-corrected chi connectivity index (χ2v) is 9.83. The van der Waals surface area contributed by atoms with Crippen LogP contribution in [0.5, 0.6) is 0 Å². The number of carbonyl (C=O) groups is 1. The highest BCUT2D eigenvalue weighted by atomic mass is 16.3. The van der Waals surface area contributed by atoms with Crippen LogP contribution in [0.1, 0.15) is 52.9 Å². The summed E-state index contributed by atoms with van der Waals surface area (Å²) < 4.78 is 0. The van der Waals surface area contributed by atoms with Gasteiger partial charge in [-0.1, -0.05) is 27.4 Å². The predicted molar refractivity (Wildman–Crippen MR) is 90.0 cm³/mol. The van der Waals surface area contributed by atoms with E-state index >= 15 is 0 Å². The minimum Gasteiger partial charge on any atom is -0.393 e. The third-order valence-electron chi connectivity index (χ3n) is 8.33. The van der Waals surface area contributed by atoms with Gasteiger partial charge < -0.3 is 15.3 Å². The molecule has 0 amide bonds. The first-order valence-corrected chi connectivity index (χ1v) is 9.34. The average Bonchev–Trinajstić information content (AvgIpc) is 2.58. The quantitative estimate of drug-likeness (QED) is 0.593. The van der Waals surface area contributed by atoms with E-state index in [1.807, 2.05) is 0 Å². The summed E-state index contributed by atoms with van der Waals surface area (Å²) in [7, 11) is 0. The van der Waals surface area contributed by atoms with E-state index in [0.29, 0.717) is 18.4 Å². The maximum atomic E-state index is 13.1. The van der Waals surface area contributed by atoms with Crippen molar-refractivity contribution in [2.24, 2.45) is 34.0 Å². The van der Waals surface area contributed by atoms with Crippen molar-refractivity contribution in [1.82, 2.24) is 0 Å². The minimum absolute atomic E-state index is 0.0878. The fourth-order valence-corrected chi connectivity index (χ4v) is 7.60. The van der Waals surface area contributed by atoms with Crippen molar-refractivity contribution in [3.05, 3.63) is 12.2 Å². The second kappa shape index (κ2) is 4.72. The van der Waals surface area contributed by atoms with Gasteiger partial charge in [-0.25, -0.2) is 0 Å². The summed E-state index contributed by atoms with van der Waals surface area (Å²) in [5, 5.41) is 32.6. The molecule has 4 nitrogen and oxygen atoms in total. The number of Topliss-reactive ketones (excluding diaryl/α,β-unsaturated/α-hetero) is 1. The molecule has 0 unspecified atom stereocenters. The topological polar surface area (TPSA) is 77.8 Å². The lowest BCUT2D eigenvalue weighted by Crippen LogP contribution is -2.68. The number of hydrogen-bond acceptors (Lipinski definition) is 4. The molecule has 4 saturated carbocycles. The Balaban J connectivity index is 1.88. The van der Waals surface area contributed by atoms with E-state index < -0.39 is 17.6 Å². The zero-order valence-electron chi connectivity index (χ0n) is 15.0. The normalized spacial score (nSPS) is 55.9. The van der Waals surface area contributed by atoms with Gasteiger partial charge in [-0.05, 0) is 60.3 Å². The van der Waals surface area contributed by atoms with Gasteiger partial charge in [0.1, 0.15) is 0 Å². The molecule has 24 heavy (non-hydrogen) atoms. The summed E-state index contributed by atoms with van der Waals surface area (Å²) in [5.74, 6) is -0.173. The molecule has 0 aliphatic heterocycles. The number of carbonyl (C=O) groups excluding carboxylic acids is 1. The summed E-state index contributed by atoms with van der Waals surface area (Å²) in [4.78, 5) is 13.1. The maximum Gasteiger partial charge on any atom is 0.170 e. The van der Waals surface area contributed by atoms with Crippen LogP contribution in [0.15, 0.2) is 12.2 Å². The van der Waals surface area contributed by atoms with E-state index in [4.69, 9.17) is 0 Å². The zero-order chi connectivity index (χ0) is 17.7. The van der Waals surface area contributed by atoms with Crippen molar-refractivity contribution in [1.29, 1.82) is 0 Å². The molecule has 4 heteroatoms. The summed E-state index contributed by atoms with van der Waals surface area (Å²) in [6.45, 7) is 10.5. The summed E-state index contributed by atoms with van der Waals surface area (Å²) in [6.07, 6.45) is 1.44. The van der Waals surface area contributed by atoms with Crippen LogP contribution >= 0.6 is 0 Å². The van der Waals surface area contributed by atoms with Gasteiger partial charge in [0.05, 0.1) is 23.7 Å². The lowest BCUT2D eigenvalue weighted by atomic mass is 9.39. The fourth-order valence-electron chi connectivity index (χ4n) is 7.60. The molecule has 4 rings (SSSR count). The Hall–Kier alpha value is -0.710. The molecule has 0 heterocycles. The molecule has 4 aliphatic carbocycles. The maximum absolute atomic E-state index is 13.1. The first-order chi connectivity index (χ1) is 11.1. The molecule has 0 aromatic carbocycles. The van der Waals surface area contributed by atoms with Gasteiger partial charge in [0.25, 0.3) is 0 Å². The van der Waals surface area contributed by atoms with Crippen LogP contribution in [0.3, 0.4) is 0 Å². The van der Waals surface area contributed by atoms with E-state index in [1.165, 1.54) is 0 Å². The Labute approximate surface area is 144 Å². The van der Waals surface area contributed by atoms with Crippen LogP contribution < -0.4 is 0 Å². The van der Waals surface area contributed by atoms with E-state index in [0.717, 1.165) is 19.3 Å². The monoisotopic (exact) mass is 334 g/mol. The minimum atomic E-state index is -1.10. The zero-order valence-corrected chi connectivity index (χ0v) is 15.0. The Morgan fingerprint density at radius 1 is 1.04 bits per heavy atom. The second-order valence-electron chi connectivity index (χ2n) is 9.83. The molecule has 4 aliphatic rings. The summed E-state index contributed by atoms with van der Waals surface area (Å²) >= 11 is 0. The van der Waals surface area contributed by atoms with Gasteiger partial charge in [0, 0.05) is 5.92 Å². The van der Waals surface area contributed by atoms with Crippen LogP contribution in [-0.2, 0) is 4.79 Å². The van der Waals surface area contributed by atoms with Crippen molar-refractivity contribution < 1.29 is 20.1 Å². The van der Waals surface area contributed by atoms with Crippen LogP contribution in [0.4, 0.5) is 0 Å². The smallest absolute Gasteiger partial charge is 0.170 e. The van der Waals surface area contributed by atoms with Gasteiger partial charge in [-0.2, -0.15) is 0 Å². The van der Waals surface area contributed by atoms with Crippen LogP contribution in [-0.4, -0.2) is 39.4 Å². The van der Waals surface area contributed by atoms with Crippen molar-refractivity contribution in [3.63, 3.8) is 0 Å². The number of hydrogen-bond donors (Lipinski definition) is 3. The molecular weight excluding hydrogens is 304 g/mol. The molecular formula is C20H30O4. The SMILES string of the molecule is C=C1C(=O)[C@@]23[C@H](O)C[C@@H]4C(C)(C)C[C@H](O)C[C@@]4(C)[C@@H]2CC[C@@H]1[C@H]3O. The Morgan fingerprint density at radius 3 is 2.38 bits per heavy atom. The van der Waals surface area contributed by atoms with E-state index in [-0.39, 0.29) is 40.5 Å². The highest BCUT2D eigenvalue weighted by Crippen LogP contribution is 2.70. The van der Waals surface area contributed by atoms with Crippen LogP contribution in [0.2, 0.25) is 0 Å². The molecule has 0 aromatic heterocycles. The van der Waals surface area contributed by atoms with Crippen LogP contribution in [0.25, 0.3) is 0 Å². The average molecular weight is 334 g/mol. The molecule has 0 aromatic rings. The van der Waals surface area contributed by atoms with Crippen molar-refractivity contribution in [3.8, 4) is 0 Å². The van der Waals surface area contributed by atoms with Crippen molar-refractivity contribution >= 4 is 5.78 Å². The van der Waals surface area contributed by atoms with Gasteiger partial charge >= 0.3 is 0 Å². The Bertz CT molecular complexity index is 611. The van der Waals surface area contributed by atoms with Gasteiger partial charge in [0.2, 0.25) is 0 Å². The van der Waals surface area contributed by atoms with Gasteiger partial charge in [0.15, 0.2) is 5.78 Å². The highest BCUT2D eigenvalue weighted by molar-refractivity contribution is 6.04. The first-order valence-electron chi connectivity index (χ1n) is 9.34. The largest absolute Gasteiger partial charge is 0.393 e. The summed E-state index contributed by atoms with van der Waals surface area (Å²) in [5.41, 5.74) is -0.928. The third-order valence-corrected chi connectivity index (χ3v) is 8.33. The van der Waals surface area contributed by atoms with E-state index in [1.54, 1.807) is 0 Å². The molecule has 0 radical (unpaired) electrons. The number of ketones is 1. The molecule has 134 valence electrons. The molecule has 3 N–H and O–H groups in total. The van der Waals surface area contributed by atoms with Crippen molar-refractivity contribution in [2.75, 3.05) is 0 Å². The molecule has 8 atom stereocenters. The van der Waals surface area contributed by atoms with Gasteiger partial charge in [-0.3, -0.25) is 4.79 Å². The number of aliphatic hydroxyl groups is 3. The molecule has 1 spiro atoms. The van der Waals surface area contributed by atoms with Crippen molar-refractivity contribution in [2.45, 2.75) is 71.2 Å². The predicted octanol–water partition coefficient (Wildman–Crippen LogP) is 2.07. The molecule has 0 saturated heterocycles. The van der Waals surface area contributed by atoms with Crippen LogP contribution in [0, 0.1) is 34.0 Å². The van der Waals surface area contributed by atoms with E-state index in [9.17, 15) is 20.1 Å². The van der Waals surface area contributed by atoms with E-state index in [2.05, 4.69) is 27.4 Å². The highest BCUT2D eigenvalue weighted by Gasteiger charge is 2.74. The number of rotatable bonds is 0.